The minimum Gasteiger partial charge on any atom is -0.320 e. The van der Waals surface area contributed by atoms with Crippen LogP contribution in [0.2, 0.25) is 0 Å². The molecule has 3 rings (SSSR count). The highest BCUT2D eigenvalue weighted by molar-refractivity contribution is 6.07. The van der Waals surface area contributed by atoms with Gasteiger partial charge < -0.3 is 10.7 Å². The van der Waals surface area contributed by atoms with Crippen LogP contribution in [0.25, 0.3) is 10.8 Å². The molecule has 21 heavy (non-hydrogen) atoms. The zero-order chi connectivity index (χ0) is 14.7. The molecule has 104 valence electrons. The van der Waals surface area contributed by atoms with Gasteiger partial charge in [0.15, 0.2) is 5.82 Å². The topological polar surface area (TPSA) is 106 Å². The summed E-state index contributed by atoms with van der Waals surface area (Å²) in [6, 6.07) is 7.51. The molecule has 2 aromatic heterocycles. The van der Waals surface area contributed by atoms with Crippen LogP contribution in [0.4, 0.5) is 11.5 Å². The molecule has 0 atom stereocenters. The fraction of sp³-hybridized carbons (Fsp3) is 0. The molecule has 0 saturated heterocycles. The van der Waals surface area contributed by atoms with E-state index in [9.17, 15) is 4.79 Å². The molecule has 0 saturated carbocycles. The quantitative estimate of drug-likeness (QED) is 0.496. The van der Waals surface area contributed by atoms with Crippen molar-refractivity contribution in [1.29, 1.82) is 0 Å². The molecule has 0 bridgehead atoms. The third-order valence-corrected chi connectivity index (χ3v) is 2.96. The number of nitrogen functional groups attached to an aromatic ring is 1. The molecule has 7 nitrogen and oxygen atoms in total. The maximum absolute atomic E-state index is 12.2. The van der Waals surface area contributed by atoms with Crippen LogP contribution in [0.1, 0.15) is 10.5 Å². The molecule has 0 aliphatic heterocycles. The molecular weight excluding hydrogens is 268 g/mol. The van der Waals surface area contributed by atoms with Crippen molar-refractivity contribution in [3.05, 3.63) is 54.7 Å². The Hall–Kier alpha value is -3.06. The third kappa shape index (κ3) is 2.63. The van der Waals surface area contributed by atoms with Crippen molar-refractivity contribution in [1.82, 2.24) is 15.0 Å². The second kappa shape index (κ2) is 5.51. The fourth-order valence-electron chi connectivity index (χ4n) is 1.93. The lowest BCUT2D eigenvalue weighted by Gasteiger charge is -2.08. The van der Waals surface area contributed by atoms with Gasteiger partial charge in [-0.1, -0.05) is 12.1 Å². The lowest BCUT2D eigenvalue weighted by Crippen LogP contribution is -2.15. The summed E-state index contributed by atoms with van der Waals surface area (Å²) < 4.78 is 0. The molecule has 7 heteroatoms. The van der Waals surface area contributed by atoms with Crippen LogP contribution in [0.5, 0.6) is 0 Å². The molecule has 2 heterocycles. The Labute approximate surface area is 120 Å². The first-order valence-electron chi connectivity index (χ1n) is 6.20. The summed E-state index contributed by atoms with van der Waals surface area (Å²) in [7, 11) is 0. The first-order chi connectivity index (χ1) is 10.3. The number of hydrogen-bond acceptors (Lipinski definition) is 6. The minimum atomic E-state index is -0.345. The maximum Gasteiger partial charge on any atom is 0.275 e. The standard InChI is InChI=1S/C14H12N6O/c15-20-13-8-17-12(7-18-13)14(21)19-11-3-1-2-9-4-5-16-6-10(9)11/h1-8H,15H2,(H,18,20)(H,19,21). The molecule has 0 unspecified atom stereocenters. The Morgan fingerprint density at radius 2 is 2.00 bits per heavy atom. The van der Waals surface area contributed by atoms with Crippen molar-refractivity contribution < 1.29 is 4.79 Å². The Bertz CT molecular complexity index is 782. The van der Waals surface area contributed by atoms with Gasteiger partial charge in [-0.3, -0.25) is 9.78 Å². The number of nitrogens with zero attached hydrogens (tertiary/aromatic N) is 3. The van der Waals surface area contributed by atoms with Gasteiger partial charge in [-0.2, -0.15) is 0 Å². The average molecular weight is 280 g/mol. The van der Waals surface area contributed by atoms with Gasteiger partial charge in [-0.25, -0.2) is 15.8 Å². The number of carbonyl (C=O) groups is 1. The van der Waals surface area contributed by atoms with E-state index < -0.39 is 0 Å². The number of anilines is 2. The molecule has 0 spiro atoms. The number of nitrogens with one attached hydrogen (secondary N) is 2. The van der Waals surface area contributed by atoms with Gasteiger partial charge in [0.1, 0.15) is 5.69 Å². The van der Waals surface area contributed by atoms with E-state index in [0.717, 1.165) is 10.8 Å². The summed E-state index contributed by atoms with van der Waals surface area (Å²) in [5.74, 6) is 5.25. The van der Waals surface area contributed by atoms with Crippen LogP contribution in [-0.4, -0.2) is 20.9 Å². The largest absolute Gasteiger partial charge is 0.320 e. The Balaban J connectivity index is 1.89. The second-order valence-corrected chi connectivity index (χ2v) is 4.29. The van der Waals surface area contributed by atoms with Crippen molar-refractivity contribution in [3.8, 4) is 0 Å². The summed E-state index contributed by atoms with van der Waals surface area (Å²) in [4.78, 5) is 24.2. The minimum absolute atomic E-state index is 0.204. The molecule has 0 aliphatic rings. The summed E-state index contributed by atoms with van der Waals surface area (Å²) in [5.41, 5.74) is 3.23. The van der Waals surface area contributed by atoms with Crippen LogP contribution in [-0.2, 0) is 0 Å². The number of rotatable bonds is 3. The van der Waals surface area contributed by atoms with Crippen LogP contribution in [0.15, 0.2) is 49.1 Å². The highest BCUT2D eigenvalue weighted by Crippen LogP contribution is 2.22. The van der Waals surface area contributed by atoms with Crippen molar-refractivity contribution >= 4 is 28.2 Å². The number of fused-ring (bicyclic) bond motifs is 1. The zero-order valence-electron chi connectivity index (χ0n) is 10.9. The number of pyridine rings is 1. The van der Waals surface area contributed by atoms with E-state index in [1.807, 2.05) is 24.3 Å². The number of hydrogen-bond donors (Lipinski definition) is 3. The normalized spacial score (nSPS) is 10.3. The lowest BCUT2D eigenvalue weighted by molar-refractivity contribution is 0.102. The fourth-order valence-corrected chi connectivity index (χ4v) is 1.93. The molecule has 4 N–H and O–H groups in total. The summed E-state index contributed by atoms with van der Waals surface area (Å²) in [6.07, 6.45) is 6.16. The second-order valence-electron chi connectivity index (χ2n) is 4.29. The molecule has 1 aromatic carbocycles. The van der Waals surface area contributed by atoms with Gasteiger partial charge in [0.25, 0.3) is 5.91 Å². The van der Waals surface area contributed by atoms with E-state index in [0.29, 0.717) is 11.5 Å². The van der Waals surface area contributed by atoms with Crippen molar-refractivity contribution in [3.63, 3.8) is 0 Å². The number of hydrazine groups is 1. The number of aromatic nitrogens is 3. The van der Waals surface area contributed by atoms with Gasteiger partial charge in [0, 0.05) is 17.8 Å². The van der Waals surface area contributed by atoms with Crippen LogP contribution in [0.3, 0.4) is 0 Å². The average Bonchev–Trinajstić information content (AvgIpc) is 2.55. The smallest absolute Gasteiger partial charge is 0.275 e. The molecular formula is C14H12N6O. The summed E-state index contributed by atoms with van der Waals surface area (Å²) >= 11 is 0. The SMILES string of the molecule is NNc1cnc(C(=O)Nc2cccc3ccncc23)cn1. The molecule has 0 aliphatic carbocycles. The predicted molar refractivity (Wildman–Crippen MR) is 79.5 cm³/mol. The number of nitrogens with two attached hydrogens (primary N) is 1. The third-order valence-electron chi connectivity index (χ3n) is 2.96. The van der Waals surface area contributed by atoms with E-state index in [1.54, 1.807) is 12.4 Å². The summed E-state index contributed by atoms with van der Waals surface area (Å²) in [6.45, 7) is 0. The number of carbonyl (C=O) groups excluding carboxylic acids is 1. The van der Waals surface area contributed by atoms with Crippen LogP contribution < -0.4 is 16.6 Å². The van der Waals surface area contributed by atoms with E-state index in [-0.39, 0.29) is 11.6 Å². The maximum atomic E-state index is 12.2. The monoisotopic (exact) mass is 280 g/mol. The lowest BCUT2D eigenvalue weighted by atomic mass is 10.1. The van der Waals surface area contributed by atoms with E-state index in [1.165, 1.54) is 12.4 Å². The van der Waals surface area contributed by atoms with E-state index in [4.69, 9.17) is 5.84 Å². The summed E-state index contributed by atoms with van der Waals surface area (Å²) in [5, 5.41) is 4.66. The Kier molecular flexibility index (Phi) is 3.40. The van der Waals surface area contributed by atoms with Gasteiger partial charge in [-0.05, 0) is 17.5 Å². The predicted octanol–water partition coefficient (Wildman–Crippen LogP) is 1.56. The van der Waals surface area contributed by atoms with Gasteiger partial charge >= 0.3 is 0 Å². The zero-order valence-corrected chi connectivity index (χ0v) is 10.9. The number of amides is 1. The van der Waals surface area contributed by atoms with Crippen molar-refractivity contribution in [2.24, 2.45) is 5.84 Å². The first kappa shape index (κ1) is 12.9. The Morgan fingerprint density at radius 3 is 2.76 bits per heavy atom. The number of benzene rings is 1. The van der Waals surface area contributed by atoms with Crippen molar-refractivity contribution in [2.45, 2.75) is 0 Å². The first-order valence-corrected chi connectivity index (χ1v) is 6.20. The Morgan fingerprint density at radius 1 is 1.10 bits per heavy atom. The van der Waals surface area contributed by atoms with Crippen LogP contribution >= 0.6 is 0 Å². The van der Waals surface area contributed by atoms with Gasteiger partial charge in [0.05, 0.1) is 18.1 Å². The highest BCUT2D eigenvalue weighted by Gasteiger charge is 2.10. The van der Waals surface area contributed by atoms with Gasteiger partial charge in [0.2, 0.25) is 0 Å². The molecule has 0 radical (unpaired) electrons. The van der Waals surface area contributed by atoms with E-state index in [2.05, 4.69) is 25.7 Å². The highest BCUT2D eigenvalue weighted by atomic mass is 16.1. The van der Waals surface area contributed by atoms with Crippen LogP contribution in [0, 0.1) is 0 Å². The molecule has 1 amide bonds. The molecule has 0 fully saturated rings. The van der Waals surface area contributed by atoms with Crippen molar-refractivity contribution in [2.75, 3.05) is 10.7 Å². The van der Waals surface area contributed by atoms with Gasteiger partial charge in [-0.15, -0.1) is 0 Å². The molecule has 3 aromatic rings. The van der Waals surface area contributed by atoms with E-state index >= 15 is 0 Å².